The number of fused-ring (bicyclic) bond motifs is 1. The number of nitriles is 1. The molecule has 0 unspecified atom stereocenters. The van der Waals surface area contributed by atoms with Crippen LogP contribution >= 0.6 is 11.8 Å². The van der Waals surface area contributed by atoms with Gasteiger partial charge < -0.3 is 9.47 Å². The summed E-state index contributed by atoms with van der Waals surface area (Å²) < 4.78 is 45.4. The quantitative estimate of drug-likeness (QED) is 0.400. The van der Waals surface area contributed by atoms with Crippen LogP contribution in [-0.2, 0) is 24.4 Å². The van der Waals surface area contributed by atoms with Crippen molar-refractivity contribution >= 4 is 34.5 Å². The SMILES string of the molecule is Cn1cc(C2CCN(C(=O)[C@@H]3CCCS3)CC2)c2c(C(F)(F)F)c(CC(=O)c3cccc(C#N)c3)cnc21. The Balaban J connectivity index is 1.47. The number of likely N-dealkylation sites (tertiary alicyclic amines) is 1. The molecule has 0 radical (unpaired) electrons. The summed E-state index contributed by atoms with van der Waals surface area (Å²) in [5, 5.41) is 9.15. The Morgan fingerprint density at radius 2 is 1.97 bits per heavy atom. The van der Waals surface area contributed by atoms with Gasteiger partial charge in [-0.2, -0.15) is 18.4 Å². The molecule has 0 bridgehead atoms. The number of amides is 1. The van der Waals surface area contributed by atoms with Crippen molar-refractivity contribution in [3.05, 3.63) is 64.5 Å². The highest BCUT2D eigenvalue weighted by Crippen LogP contribution is 2.43. The van der Waals surface area contributed by atoms with Gasteiger partial charge in [-0.05, 0) is 60.6 Å². The van der Waals surface area contributed by atoms with Gasteiger partial charge in [0.2, 0.25) is 5.91 Å². The van der Waals surface area contributed by atoms with E-state index in [4.69, 9.17) is 5.26 Å². The minimum Gasteiger partial charge on any atom is -0.342 e. The molecule has 2 aliphatic heterocycles. The maximum atomic E-state index is 14.6. The second-order valence-electron chi connectivity index (χ2n) is 9.94. The average molecular weight is 541 g/mol. The van der Waals surface area contributed by atoms with Gasteiger partial charge in [-0.1, -0.05) is 12.1 Å². The van der Waals surface area contributed by atoms with E-state index in [0.717, 1.165) is 24.8 Å². The molecular formula is C28H27F3N4O2S. The van der Waals surface area contributed by atoms with Crippen molar-refractivity contribution in [3.8, 4) is 6.07 Å². The zero-order chi connectivity index (χ0) is 27.0. The average Bonchev–Trinajstić information content (AvgIpc) is 3.56. The topological polar surface area (TPSA) is 79.0 Å². The molecule has 0 aliphatic carbocycles. The molecule has 1 atom stereocenters. The number of alkyl halides is 3. The van der Waals surface area contributed by atoms with E-state index in [2.05, 4.69) is 4.98 Å². The molecule has 2 fully saturated rings. The summed E-state index contributed by atoms with van der Waals surface area (Å²) in [6, 6.07) is 7.90. The number of ketones is 1. The van der Waals surface area contributed by atoms with Gasteiger partial charge in [0.15, 0.2) is 5.78 Å². The highest BCUT2D eigenvalue weighted by molar-refractivity contribution is 8.00. The van der Waals surface area contributed by atoms with Gasteiger partial charge in [0.05, 0.1) is 22.4 Å². The Kier molecular flexibility index (Phi) is 7.23. The van der Waals surface area contributed by atoms with Crippen molar-refractivity contribution in [3.63, 3.8) is 0 Å². The molecule has 2 aromatic heterocycles. The van der Waals surface area contributed by atoms with E-state index in [0.29, 0.717) is 31.5 Å². The lowest BCUT2D eigenvalue weighted by molar-refractivity contribution is -0.136. The van der Waals surface area contributed by atoms with E-state index in [9.17, 15) is 22.8 Å². The van der Waals surface area contributed by atoms with Crippen LogP contribution in [0.5, 0.6) is 0 Å². The standard InChI is InChI=1S/C28H27F3N4O2S/c1-34-16-21(18-7-9-35(10-8-18)27(37)23-6-3-11-38-23)24-25(28(29,30)31)20(15-33-26(24)34)13-22(36)19-5-2-4-17(12-19)14-32/h2,4-5,12,15-16,18,23H,3,6-11,13H2,1H3/t23-/m0/s1. The van der Waals surface area contributed by atoms with Gasteiger partial charge in [0.25, 0.3) is 0 Å². The van der Waals surface area contributed by atoms with Crippen LogP contribution in [0.4, 0.5) is 13.2 Å². The lowest BCUT2D eigenvalue weighted by Crippen LogP contribution is -2.42. The number of rotatable bonds is 5. The van der Waals surface area contributed by atoms with Crippen LogP contribution in [0.3, 0.4) is 0 Å². The van der Waals surface area contributed by atoms with Crippen LogP contribution in [0.25, 0.3) is 11.0 Å². The van der Waals surface area contributed by atoms with E-state index < -0.39 is 23.9 Å². The van der Waals surface area contributed by atoms with Crippen molar-refractivity contribution in [1.82, 2.24) is 14.5 Å². The monoisotopic (exact) mass is 540 g/mol. The first-order chi connectivity index (χ1) is 18.2. The number of nitrogens with zero attached hydrogens (tertiary/aromatic N) is 4. The maximum absolute atomic E-state index is 14.6. The first-order valence-corrected chi connectivity index (χ1v) is 13.7. The first kappa shape index (κ1) is 26.3. The lowest BCUT2D eigenvalue weighted by Gasteiger charge is -2.33. The molecule has 38 heavy (non-hydrogen) atoms. The molecule has 0 spiro atoms. The summed E-state index contributed by atoms with van der Waals surface area (Å²) in [6.45, 7) is 1.03. The molecule has 1 aromatic carbocycles. The summed E-state index contributed by atoms with van der Waals surface area (Å²) >= 11 is 1.69. The first-order valence-electron chi connectivity index (χ1n) is 12.6. The van der Waals surface area contributed by atoms with E-state index in [1.165, 1.54) is 24.3 Å². The molecule has 1 amide bonds. The summed E-state index contributed by atoms with van der Waals surface area (Å²) in [5.74, 6) is 0.468. The third-order valence-electron chi connectivity index (χ3n) is 7.49. The summed E-state index contributed by atoms with van der Waals surface area (Å²) in [4.78, 5) is 32.0. The smallest absolute Gasteiger partial charge is 0.342 e. The van der Waals surface area contributed by atoms with E-state index in [1.54, 1.807) is 29.6 Å². The number of benzene rings is 1. The Morgan fingerprint density at radius 1 is 1.21 bits per heavy atom. The minimum absolute atomic E-state index is 0.000846. The van der Waals surface area contributed by atoms with Crippen LogP contribution in [0, 0.1) is 11.3 Å². The van der Waals surface area contributed by atoms with Crippen molar-refractivity contribution in [1.29, 1.82) is 5.26 Å². The predicted octanol–water partition coefficient (Wildman–Crippen LogP) is 5.49. The Morgan fingerprint density at radius 3 is 2.63 bits per heavy atom. The maximum Gasteiger partial charge on any atom is 0.417 e. The second kappa shape index (κ2) is 10.4. The van der Waals surface area contributed by atoms with Gasteiger partial charge in [0.1, 0.15) is 5.65 Å². The van der Waals surface area contributed by atoms with E-state index in [1.807, 2.05) is 11.0 Å². The number of pyridine rings is 1. The second-order valence-corrected chi connectivity index (χ2v) is 11.3. The van der Waals surface area contributed by atoms with Crippen molar-refractivity contribution in [2.45, 2.75) is 49.4 Å². The molecule has 2 saturated heterocycles. The molecule has 5 rings (SSSR count). The zero-order valence-corrected chi connectivity index (χ0v) is 21.7. The molecule has 0 N–H and O–H groups in total. The summed E-state index contributed by atoms with van der Waals surface area (Å²) in [5.41, 5.74) is 0.214. The minimum atomic E-state index is -4.70. The fourth-order valence-corrected chi connectivity index (χ4v) is 6.85. The fourth-order valence-electron chi connectivity index (χ4n) is 5.61. The fraction of sp³-hybridized carbons (Fsp3) is 0.429. The highest BCUT2D eigenvalue weighted by atomic mass is 32.2. The van der Waals surface area contributed by atoms with Gasteiger partial charge in [-0.25, -0.2) is 4.98 Å². The molecule has 2 aliphatic rings. The number of hydrogen-bond acceptors (Lipinski definition) is 5. The molecule has 198 valence electrons. The van der Waals surface area contributed by atoms with E-state index in [-0.39, 0.29) is 44.8 Å². The number of halogens is 3. The Hall–Kier alpha value is -3.32. The predicted molar refractivity (Wildman–Crippen MR) is 139 cm³/mol. The molecular weight excluding hydrogens is 513 g/mol. The Bertz CT molecular complexity index is 1430. The number of carbonyl (C=O) groups is 2. The highest BCUT2D eigenvalue weighted by Gasteiger charge is 2.39. The molecule has 0 saturated carbocycles. The van der Waals surface area contributed by atoms with Gasteiger partial charge >= 0.3 is 6.18 Å². The normalized spacial score (nSPS) is 18.6. The number of thioether (sulfide) groups is 1. The molecule has 4 heterocycles. The van der Waals surface area contributed by atoms with Crippen LogP contribution in [0.1, 0.15) is 64.2 Å². The zero-order valence-electron chi connectivity index (χ0n) is 20.9. The third kappa shape index (κ3) is 5.04. The number of carbonyl (C=O) groups excluding carboxylic acids is 2. The third-order valence-corrected chi connectivity index (χ3v) is 8.86. The number of aromatic nitrogens is 2. The summed E-state index contributed by atoms with van der Waals surface area (Å²) in [7, 11) is 1.67. The molecule has 6 nitrogen and oxygen atoms in total. The van der Waals surface area contributed by atoms with Crippen molar-refractivity contribution < 1.29 is 22.8 Å². The van der Waals surface area contributed by atoms with E-state index >= 15 is 0 Å². The summed E-state index contributed by atoms with van der Waals surface area (Å²) in [6.07, 6.45) is 0.745. The largest absolute Gasteiger partial charge is 0.417 e. The lowest BCUT2D eigenvalue weighted by atomic mass is 9.87. The molecule has 10 heteroatoms. The van der Waals surface area contributed by atoms with Crippen LogP contribution in [-0.4, -0.2) is 50.2 Å². The number of piperidine rings is 1. The van der Waals surface area contributed by atoms with Crippen LogP contribution in [0.2, 0.25) is 0 Å². The number of aryl methyl sites for hydroxylation is 1. The van der Waals surface area contributed by atoms with Crippen molar-refractivity contribution in [2.24, 2.45) is 7.05 Å². The van der Waals surface area contributed by atoms with Crippen LogP contribution < -0.4 is 0 Å². The van der Waals surface area contributed by atoms with Crippen LogP contribution in [0.15, 0.2) is 36.7 Å². The van der Waals surface area contributed by atoms with Gasteiger partial charge in [-0.15, -0.1) is 11.8 Å². The van der Waals surface area contributed by atoms with Gasteiger partial charge in [-0.3, -0.25) is 9.59 Å². The van der Waals surface area contributed by atoms with Crippen molar-refractivity contribution in [2.75, 3.05) is 18.8 Å². The number of Topliss-reactive ketones (excluding diaryl/α,β-unsaturated/α-hetero) is 1. The number of hydrogen-bond donors (Lipinski definition) is 0. The van der Waals surface area contributed by atoms with Gasteiger partial charge in [0, 0.05) is 49.9 Å². The Labute approximate surface area is 222 Å². The molecule has 3 aromatic rings.